The molecule has 0 unspecified atom stereocenters. The number of hydrogen-bond donors (Lipinski definition) is 0. The summed E-state index contributed by atoms with van der Waals surface area (Å²) in [6.45, 7) is 3.02. The fourth-order valence-electron chi connectivity index (χ4n) is 3.52. The molecule has 0 aliphatic heterocycles. The van der Waals surface area contributed by atoms with Gasteiger partial charge in [-0.25, -0.2) is 4.79 Å². The van der Waals surface area contributed by atoms with Gasteiger partial charge in [0, 0.05) is 21.7 Å². The molecule has 3 rings (SSSR count). The van der Waals surface area contributed by atoms with Crippen LogP contribution in [0.25, 0.3) is 0 Å². The predicted octanol–water partition coefficient (Wildman–Crippen LogP) is 6.92. The molecule has 38 heavy (non-hydrogen) atoms. The van der Waals surface area contributed by atoms with Gasteiger partial charge in [-0.3, -0.25) is 0 Å². The summed E-state index contributed by atoms with van der Waals surface area (Å²) in [5.74, 6) is -0.398. The zero-order chi connectivity index (χ0) is 27.9. The van der Waals surface area contributed by atoms with Gasteiger partial charge in [0.2, 0.25) is 0 Å². The normalized spacial score (nSPS) is 12.2. The van der Waals surface area contributed by atoms with Gasteiger partial charge in [-0.1, -0.05) is 40.1 Å². The van der Waals surface area contributed by atoms with E-state index in [-0.39, 0.29) is 29.3 Å². The Morgan fingerprint density at radius 2 is 1.63 bits per heavy atom. The highest BCUT2D eigenvalue weighted by Crippen LogP contribution is 2.36. The molecule has 0 aliphatic rings. The summed E-state index contributed by atoms with van der Waals surface area (Å²) in [6, 6.07) is 14.9. The molecular weight excluding hydrogens is 525 g/mol. The Balaban J connectivity index is 1.88. The third kappa shape index (κ3) is 7.04. The van der Waals surface area contributed by atoms with E-state index in [2.05, 4.69) is 10.3 Å². The number of benzene rings is 3. The first-order chi connectivity index (χ1) is 18.0. The molecule has 0 saturated carbocycles. The van der Waals surface area contributed by atoms with Crippen LogP contribution in [0.1, 0.15) is 34.7 Å². The van der Waals surface area contributed by atoms with E-state index in [1.54, 1.807) is 49.4 Å². The molecule has 0 N–H and O–H groups in total. The summed E-state index contributed by atoms with van der Waals surface area (Å²) in [5, 5.41) is 8.13. The molecule has 0 amide bonds. The van der Waals surface area contributed by atoms with Crippen LogP contribution < -0.4 is 4.74 Å². The van der Waals surface area contributed by atoms with Gasteiger partial charge >= 0.3 is 12.1 Å². The summed E-state index contributed by atoms with van der Waals surface area (Å²) >= 11 is 5.84. The lowest BCUT2D eigenvalue weighted by Gasteiger charge is -2.15. The van der Waals surface area contributed by atoms with Crippen LogP contribution >= 0.6 is 11.6 Å². The topological polar surface area (TPSA) is 78.7 Å². The fourth-order valence-corrected chi connectivity index (χ4v) is 3.64. The molecule has 0 bridgehead atoms. The zero-order valence-electron chi connectivity index (χ0n) is 20.9. The lowest BCUT2D eigenvalue weighted by atomic mass is 9.99. The highest BCUT2D eigenvalue weighted by molar-refractivity contribution is 6.43. The van der Waals surface area contributed by atoms with Crippen LogP contribution in [0, 0.1) is 6.92 Å². The van der Waals surface area contributed by atoms with Crippen LogP contribution in [0.5, 0.6) is 11.5 Å². The van der Waals surface area contributed by atoms with Crippen LogP contribution in [0.4, 0.5) is 13.2 Å². The summed E-state index contributed by atoms with van der Waals surface area (Å²) < 4.78 is 52.0. The molecule has 0 saturated heterocycles. The van der Waals surface area contributed by atoms with E-state index < -0.39 is 17.7 Å². The summed E-state index contributed by atoms with van der Waals surface area (Å²) in [5.41, 5.74) is 0.438. The number of carbonyl (C=O) groups excluding carboxylic acids is 1. The predicted molar refractivity (Wildman–Crippen MR) is 137 cm³/mol. The summed E-state index contributed by atoms with van der Waals surface area (Å²) in [7, 11) is 2.49. The molecule has 0 heterocycles. The van der Waals surface area contributed by atoms with Crippen molar-refractivity contribution in [2.45, 2.75) is 26.6 Å². The van der Waals surface area contributed by atoms with E-state index in [0.29, 0.717) is 21.9 Å². The van der Waals surface area contributed by atoms with E-state index in [9.17, 15) is 18.0 Å². The Kier molecular flexibility index (Phi) is 9.35. The van der Waals surface area contributed by atoms with Crippen LogP contribution in [0.15, 0.2) is 71.0 Å². The van der Waals surface area contributed by atoms with Crippen molar-refractivity contribution in [3.05, 3.63) is 93.5 Å². The molecule has 11 heteroatoms. The number of halogens is 4. The minimum Gasteiger partial charge on any atom is -0.464 e. The quantitative estimate of drug-likeness (QED) is 0.165. The van der Waals surface area contributed by atoms with Crippen molar-refractivity contribution in [1.29, 1.82) is 0 Å². The van der Waals surface area contributed by atoms with E-state index in [1.807, 2.05) is 0 Å². The maximum Gasteiger partial charge on any atom is 0.417 e. The van der Waals surface area contributed by atoms with Crippen molar-refractivity contribution in [3.63, 3.8) is 0 Å². The van der Waals surface area contributed by atoms with Gasteiger partial charge in [-0.15, -0.1) is 0 Å². The number of carbonyl (C=O) groups is 1. The minimum absolute atomic E-state index is 0.00515. The minimum atomic E-state index is -4.68. The standard InChI is InChI=1S/C27H24ClF3N2O5/c1-16-6-5-7-22(25(33-36-4)26(34)35-3)23(16)15-37-32-17(2)21-13-12-20(14-24(21)27(29,30)31)38-19-10-8-18(28)9-11-19/h5-14H,15H2,1-4H3/b32-17+,33-25+. The summed E-state index contributed by atoms with van der Waals surface area (Å²) in [4.78, 5) is 22.4. The maximum absolute atomic E-state index is 13.9. The monoisotopic (exact) mass is 548 g/mol. The van der Waals surface area contributed by atoms with Gasteiger partial charge in [-0.2, -0.15) is 13.2 Å². The van der Waals surface area contributed by atoms with Crippen molar-refractivity contribution in [1.82, 2.24) is 0 Å². The molecule has 0 aliphatic carbocycles. The lowest BCUT2D eigenvalue weighted by Crippen LogP contribution is -2.20. The highest BCUT2D eigenvalue weighted by Gasteiger charge is 2.35. The average molecular weight is 549 g/mol. The van der Waals surface area contributed by atoms with Crippen LogP contribution in [-0.2, 0) is 32.0 Å². The first kappa shape index (κ1) is 28.5. The van der Waals surface area contributed by atoms with E-state index in [1.165, 1.54) is 33.3 Å². The van der Waals surface area contributed by atoms with Gasteiger partial charge < -0.3 is 19.1 Å². The Hall–Kier alpha value is -4.05. The molecule has 0 radical (unpaired) electrons. The molecule has 3 aromatic carbocycles. The number of methoxy groups -OCH3 is 1. The maximum atomic E-state index is 13.9. The van der Waals surface area contributed by atoms with Crippen molar-refractivity contribution in [2.75, 3.05) is 14.2 Å². The van der Waals surface area contributed by atoms with Crippen LogP contribution in [0.2, 0.25) is 5.02 Å². The van der Waals surface area contributed by atoms with Crippen LogP contribution in [-0.4, -0.2) is 31.6 Å². The Bertz CT molecular complexity index is 1360. The molecule has 7 nitrogen and oxygen atoms in total. The average Bonchev–Trinajstić information content (AvgIpc) is 2.88. The van der Waals surface area contributed by atoms with Gasteiger partial charge in [-0.05, 0) is 61.9 Å². The van der Waals surface area contributed by atoms with E-state index in [0.717, 1.165) is 11.6 Å². The second-order valence-corrected chi connectivity index (χ2v) is 8.36. The second-order valence-electron chi connectivity index (χ2n) is 7.93. The molecule has 0 spiro atoms. The second kappa shape index (κ2) is 12.5. The Morgan fingerprint density at radius 3 is 2.26 bits per heavy atom. The number of aryl methyl sites for hydroxylation is 1. The van der Waals surface area contributed by atoms with Gasteiger partial charge in [0.1, 0.15) is 25.2 Å². The Morgan fingerprint density at radius 1 is 0.947 bits per heavy atom. The van der Waals surface area contributed by atoms with Crippen molar-refractivity contribution in [2.24, 2.45) is 10.3 Å². The molecule has 200 valence electrons. The number of oxime groups is 2. The molecule has 0 atom stereocenters. The smallest absolute Gasteiger partial charge is 0.417 e. The molecular formula is C27H24ClF3N2O5. The number of rotatable bonds is 9. The highest BCUT2D eigenvalue weighted by atomic mass is 35.5. The number of alkyl halides is 3. The fraction of sp³-hybridized carbons (Fsp3) is 0.222. The Labute approximate surface area is 222 Å². The van der Waals surface area contributed by atoms with Gasteiger partial charge in [0.25, 0.3) is 0 Å². The third-order valence-electron chi connectivity index (χ3n) is 5.37. The largest absolute Gasteiger partial charge is 0.464 e. The van der Waals surface area contributed by atoms with Crippen molar-refractivity contribution in [3.8, 4) is 11.5 Å². The summed E-state index contributed by atoms with van der Waals surface area (Å²) in [6.07, 6.45) is -4.68. The van der Waals surface area contributed by atoms with E-state index >= 15 is 0 Å². The number of esters is 1. The van der Waals surface area contributed by atoms with E-state index in [4.69, 9.17) is 30.7 Å². The van der Waals surface area contributed by atoms with Crippen LogP contribution in [0.3, 0.4) is 0 Å². The number of nitrogens with zero attached hydrogens (tertiary/aromatic N) is 2. The van der Waals surface area contributed by atoms with Crippen molar-refractivity contribution >= 4 is 29.0 Å². The first-order valence-electron chi connectivity index (χ1n) is 11.1. The number of hydrogen-bond acceptors (Lipinski definition) is 7. The van der Waals surface area contributed by atoms with Gasteiger partial charge in [0.15, 0.2) is 5.71 Å². The first-order valence-corrected chi connectivity index (χ1v) is 11.5. The van der Waals surface area contributed by atoms with Gasteiger partial charge in [0.05, 0.1) is 18.4 Å². The third-order valence-corrected chi connectivity index (χ3v) is 5.62. The lowest BCUT2D eigenvalue weighted by molar-refractivity contribution is -0.137. The molecule has 3 aromatic rings. The number of ether oxygens (including phenoxy) is 2. The zero-order valence-corrected chi connectivity index (χ0v) is 21.7. The molecule has 0 aromatic heterocycles. The SMILES string of the molecule is CO/N=C(/C(=O)OC)c1cccc(C)c1CO/N=C(\C)c1ccc(Oc2ccc(Cl)cc2)cc1C(F)(F)F. The molecule has 0 fully saturated rings. The van der Waals surface area contributed by atoms with Crippen molar-refractivity contribution < 1.29 is 37.1 Å².